The topological polar surface area (TPSA) is 57.6 Å². The van der Waals surface area contributed by atoms with Gasteiger partial charge in [0.1, 0.15) is 0 Å². The zero-order chi connectivity index (χ0) is 9.90. The Hall–Kier alpha value is -0.130. The molecule has 13 heavy (non-hydrogen) atoms. The molecule has 1 rings (SSSR count). The lowest BCUT2D eigenvalue weighted by Crippen LogP contribution is -2.42. The van der Waals surface area contributed by atoms with E-state index in [1.165, 1.54) is 6.26 Å². The van der Waals surface area contributed by atoms with E-state index in [1.807, 2.05) is 4.90 Å². The summed E-state index contributed by atoms with van der Waals surface area (Å²) in [5.74, 6) is 0. The highest BCUT2D eigenvalue weighted by Gasteiger charge is 2.26. The van der Waals surface area contributed by atoms with Crippen LogP contribution in [-0.4, -0.2) is 56.2 Å². The van der Waals surface area contributed by atoms with Gasteiger partial charge in [0.25, 0.3) is 0 Å². The Morgan fingerprint density at radius 2 is 2.23 bits per heavy atom. The van der Waals surface area contributed by atoms with Gasteiger partial charge in [0, 0.05) is 19.3 Å². The fourth-order valence-electron chi connectivity index (χ4n) is 1.71. The van der Waals surface area contributed by atoms with Gasteiger partial charge in [-0.25, -0.2) is 8.42 Å². The van der Waals surface area contributed by atoms with Crippen LogP contribution in [0.25, 0.3) is 0 Å². The summed E-state index contributed by atoms with van der Waals surface area (Å²) >= 11 is 0. The lowest BCUT2D eigenvalue weighted by atomic mass is 10.1. The summed E-state index contributed by atoms with van der Waals surface area (Å²) in [6.45, 7) is 2.19. The Bertz CT molecular complexity index is 248. The Morgan fingerprint density at radius 1 is 1.54 bits per heavy atom. The fraction of sp³-hybridized carbons (Fsp3) is 1.00. The molecule has 4 nitrogen and oxygen atoms in total. The van der Waals surface area contributed by atoms with Gasteiger partial charge < -0.3 is 5.11 Å². The van der Waals surface area contributed by atoms with Gasteiger partial charge in [-0.15, -0.1) is 0 Å². The molecule has 1 aliphatic rings. The average Bonchev–Trinajstić information content (AvgIpc) is 2.04. The Morgan fingerprint density at radius 3 is 2.77 bits per heavy atom. The largest absolute Gasteiger partial charge is 0.395 e. The Kier molecular flexibility index (Phi) is 3.70. The SMILES string of the molecule is CS(=O)(=O)C1CCCN(CCO)C1. The molecule has 1 unspecified atom stereocenters. The van der Waals surface area contributed by atoms with E-state index < -0.39 is 9.84 Å². The van der Waals surface area contributed by atoms with Gasteiger partial charge in [0.05, 0.1) is 11.9 Å². The van der Waals surface area contributed by atoms with Crippen molar-refractivity contribution in [2.75, 3.05) is 32.5 Å². The monoisotopic (exact) mass is 207 g/mol. The van der Waals surface area contributed by atoms with Crippen LogP contribution in [0.3, 0.4) is 0 Å². The Labute approximate surface area is 79.5 Å². The van der Waals surface area contributed by atoms with Gasteiger partial charge in [-0.05, 0) is 19.4 Å². The van der Waals surface area contributed by atoms with Gasteiger partial charge in [0.15, 0.2) is 9.84 Å². The molecule has 0 aliphatic carbocycles. The van der Waals surface area contributed by atoms with E-state index in [9.17, 15) is 8.42 Å². The number of hydrogen-bond acceptors (Lipinski definition) is 4. The summed E-state index contributed by atoms with van der Waals surface area (Å²) in [5.41, 5.74) is 0. The molecule has 1 heterocycles. The van der Waals surface area contributed by atoms with Crippen LogP contribution >= 0.6 is 0 Å². The van der Waals surface area contributed by atoms with Crippen LogP contribution in [0.15, 0.2) is 0 Å². The van der Waals surface area contributed by atoms with Crippen LogP contribution in [-0.2, 0) is 9.84 Å². The van der Waals surface area contributed by atoms with Crippen molar-refractivity contribution in [1.82, 2.24) is 4.90 Å². The maximum absolute atomic E-state index is 11.2. The third-order valence-corrected chi connectivity index (χ3v) is 4.08. The van der Waals surface area contributed by atoms with Crippen LogP contribution in [0.5, 0.6) is 0 Å². The highest BCUT2D eigenvalue weighted by atomic mass is 32.2. The molecule has 1 fully saturated rings. The van der Waals surface area contributed by atoms with Gasteiger partial charge in [-0.1, -0.05) is 0 Å². The summed E-state index contributed by atoms with van der Waals surface area (Å²) in [6.07, 6.45) is 2.97. The fourth-order valence-corrected chi connectivity index (χ4v) is 2.78. The van der Waals surface area contributed by atoms with Crippen molar-refractivity contribution in [2.24, 2.45) is 0 Å². The maximum Gasteiger partial charge on any atom is 0.151 e. The van der Waals surface area contributed by atoms with Crippen LogP contribution in [0.1, 0.15) is 12.8 Å². The molecular formula is C8H17NO3S. The van der Waals surface area contributed by atoms with E-state index in [4.69, 9.17) is 5.11 Å². The quantitative estimate of drug-likeness (QED) is 0.677. The van der Waals surface area contributed by atoms with E-state index in [1.54, 1.807) is 0 Å². The molecule has 0 spiro atoms. The van der Waals surface area contributed by atoms with Crippen molar-refractivity contribution in [3.05, 3.63) is 0 Å². The second-order valence-electron chi connectivity index (χ2n) is 3.62. The lowest BCUT2D eigenvalue weighted by molar-refractivity contribution is 0.174. The second kappa shape index (κ2) is 4.39. The van der Waals surface area contributed by atoms with Gasteiger partial charge in [0.2, 0.25) is 0 Å². The first-order valence-corrected chi connectivity index (χ1v) is 6.51. The highest BCUT2D eigenvalue weighted by molar-refractivity contribution is 7.91. The molecule has 0 amide bonds. The molecule has 0 aromatic carbocycles. The predicted molar refractivity (Wildman–Crippen MR) is 51.4 cm³/mol. The molecule has 1 atom stereocenters. The number of sulfone groups is 1. The van der Waals surface area contributed by atoms with Gasteiger partial charge in [-0.2, -0.15) is 0 Å². The molecular weight excluding hydrogens is 190 g/mol. The summed E-state index contributed by atoms with van der Waals surface area (Å²) in [7, 11) is -2.90. The van der Waals surface area contributed by atoms with Crippen LogP contribution in [0.2, 0.25) is 0 Å². The number of piperidine rings is 1. The number of likely N-dealkylation sites (tertiary alicyclic amines) is 1. The molecule has 1 N–H and O–H groups in total. The van der Waals surface area contributed by atoms with Crippen molar-refractivity contribution in [3.63, 3.8) is 0 Å². The Balaban J connectivity index is 2.52. The number of rotatable bonds is 3. The number of β-amino-alcohol motifs (C(OH)–C–C–N with tert-alkyl or cyclic N) is 1. The molecule has 0 saturated carbocycles. The lowest BCUT2D eigenvalue weighted by Gasteiger charge is -2.30. The van der Waals surface area contributed by atoms with E-state index >= 15 is 0 Å². The van der Waals surface area contributed by atoms with Crippen molar-refractivity contribution in [3.8, 4) is 0 Å². The van der Waals surface area contributed by atoms with Gasteiger partial charge >= 0.3 is 0 Å². The molecule has 0 radical (unpaired) electrons. The first-order chi connectivity index (χ1) is 6.04. The standard InChI is InChI=1S/C8H17NO3S/c1-13(11,12)8-3-2-4-9(7-8)5-6-10/h8,10H,2-7H2,1H3. The molecule has 0 aromatic rings. The molecule has 78 valence electrons. The predicted octanol–water partition coefficient (Wildman–Crippen LogP) is -0.512. The van der Waals surface area contributed by atoms with Crippen LogP contribution in [0, 0.1) is 0 Å². The normalized spacial score (nSPS) is 26.2. The molecule has 1 aliphatic heterocycles. The van der Waals surface area contributed by atoms with Crippen molar-refractivity contribution >= 4 is 9.84 Å². The summed E-state index contributed by atoms with van der Waals surface area (Å²) < 4.78 is 22.5. The molecule has 1 saturated heterocycles. The third kappa shape index (κ3) is 3.25. The van der Waals surface area contributed by atoms with Gasteiger partial charge in [-0.3, -0.25) is 4.90 Å². The zero-order valence-electron chi connectivity index (χ0n) is 7.94. The van der Waals surface area contributed by atoms with Crippen molar-refractivity contribution < 1.29 is 13.5 Å². The van der Waals surface area contributed by atoms with Crippen LogP contribution in [0.4, 0.5) is 0 Å². The summed E-state index contributed by atoms with van der Waals surface area (Å²) in [5, 5.41) is 8.49. The van der Waals surface area contributed by atoms with E-state index in [0.717, 1.165) is 19.4 Å². The minimum absolute atomic E-state index is 0.108. The summed E-state index contributed by atoms with van der Waals surface area (Å²) in [4.78, 5) is 2.01. The van der Waals surface area contributed by atoms with Crippen molar-refractivity contribution in [2.45, 2.75) is 18.1 Å². The third-order valence-electron chi connectivity index (χ3n) is 2.48. The maximum atomic E-state index is 11.2. The van der Waals surface area contributed by atoms with Crippen LogP contribution < -0.4 is 0 Å². The molecule has 0 bridgehead atoms. The first-order valence-electron chi connectivity index (χ1n) is 4.56. The first kappa shape index (κ1) is 10.9. The van der Waals surface area contributed by atoms with Crippen molar-refractivity contribution in [1.29, 1.82) is 0 Å². The molecule has 0 aromatic heterocycles. The second-order valence-corrected chi connectivity index (χ2v) is 5.94. The zero-order valence-corrected chi connectivity index (χ0v) is 8.76. The highest BCUT2D eigenvalue weighted by Crippen LogP contribution is 2.15. The molecule has 5 heteroatoms. The minimum Gasteiger partial charge on any atom is -0.395 e. The number of hydrogen-bond donors (Lipinski definition) is 1. The average molecular weight is 207 g/mol. The smallest absolute Gasteiger partial charge is 0.151 e. The van der Waals surface area contributed by atoms with E-state index in [0.29, 0.717) is 13.1 Å². The van der Waals surface area contributed by atoms with E-state index in [2.05, 4.69) is 0 Å². The summed E-state index contributed by atoms with van der Waals surface area (Å²) in [6, 6.07) is 0. The van der Waals surface area contributed by atoms with E-state index in [-0.39, 0.29) is 11.9 Å². The minimum atomic E-state index is -2.90. The number of nitrogens with zero attached hydrogens (tertiary/aromatic N) is 1. The number of aliphatic hydroxyl groups excluding tert-OH is 1. The number of aliphatic hydroxyl groups is 1.